The molecule has 0 saturated carbocycles. The molecule has 2 nitrogen and oxygen atoms in total. The molecule has 0 aliphatic rings. The summed E-state index contributed by atoms with van der Waals surface area (Å²) in [6.07, 6.45) is 0. The van der Waals surface area contributed by atoms with Crippen molar-refractivity contribution in [1.29, 1.82) is 0 Å². The maximum Gasteiger partial charge on any atom is 0.0620 e. The number of hydrogen-bond donors (Lipinski definition) is 1. The van der Waals surface area contributed by atoms with Gasteiger partial charge in [0, 0.05) is 16.3 Å². The zero-order valence-corrected chi connectivity index (χ0v) is 12.6. The molecule has 1 unspecified atom stereocenters. The van der Waals surface area contributed by atoms with E-state index < -0.39 is 10.8 Å². The van der Waals surface area contributed by atoms with Crippen LogP contribution in [-0.4, -0.2) is 20.5 Å². The molecule has 2 N–H and O–H groups in total. The highest BCUT2D eigenvalue weighted by molar-refractivity contribution is 8.01. The molecule has 0 spiro atoms. The molecule has 1 atom stereocenters. The van der Waals surface area contributed by atoms with Gasteiger partial charge in [0.15, 0.2) is 0 Å². The molecule has 96 valence electrons. The minimum absolute atomic E-state index is 0.225. The molecule has 0 fully saturated rings. The molecular formula is C13H21NOS2. The van der Waals surface area contributed by atoms with Gasteiger partial charge >= 0.3 is 0 Å². The Balaban J connectivity index is 2.62. The third-order valence-electron chi connectivity index (χ3n) is 2.33. The van der Waals surface area contributed by atoms with Gasteiger partial charge in [0.1, 0.15) is 0 Å². The Kier molecular flexibility index (Phi) is 5.07. The van der Waals surface area contributed by atoms with Gasteiger partial charge in [-0.15, -0.1) is 0 Å². The van der Waals surface area contributed by atoms with Crippen LogP contribution in [0.15, 0.2) is 23.1 Å². The van der Waals surface area contributed by atoms with E-state index in [-0.39, 0.29) is 4.75 Å². The molecule has 0 saturated heterocycles. The van der Waals surface area contributed by atoms with Crippen LogP contribution in [-0.2, 0) is 10.8 Å². The zero-order valence-electron chi connectivity index (χ0n) is 10.9. The second-order valence-corrected chi connectivity index (χ2v) is 8.46. The molecule has 0 aliphatic carbocycles. The number of anilines is 1. The summed E-state index contributed by atoms with van der Waals surface area (Å²) in [6.45, 7) is 8.45. The Hall–Kier alpha value is -0.480. The van der Waals surface area contributed by atoms with Crippen LogP contribution in [0.5, 0.6) is 0 Å². The number of aryl methyl sites for hydroxylation is 1. The lowest BCUT2D eigenvalue weighted by atomic mass is 10.2. The van der Waals surface area contributed by atoms with Crippen LogP contribution in [0.25, 0.3) is 0 Å². The molecule has 0 heterocycles. The molecule has 0 amide bonds. The highest BCUT2D eigenvalue weighted by Crippen LogP contribution is 2.25. The van der Waals surface area contributed by atoms with Gasteiger partial charge in [-0.3, -0.25) is 4.21 Å². The summed E-state index contributed by atoms with van der Waals surface area (Å²) in [7, 11) is -0.986. The second-order valence-electron chi connectivity index (χ2n) is 5.00. The van der Waals surface area contributed by atoms with Gasteiger partial charge in [0.05, 0.1) is 21.4 Å². The first-order valence-corrected chi connectivity index (χ1v) is 7.99. The molecule has 1 aromatic rings. The summed E-state index contributed by atoms with van der Waals surface area (Å²) in [5.74, 6) is 1.55. The summed E-state index contributed by atoms with van der Waals surface area (Å²) in [5, 5.41) is 0. The Labute approximate surface area is 111 Å². The second kappa shape index (κ2) is 5.91. The van der Waals surface area contributed by atoms with Crippen molar-refractivity contribution in [2.45, 2.75) is 37.3 Å². The fraction of sp³-hybridized carbons (Fsp3) is 0.538. The van der Waals surface area contributed by atoms with Crippen LogP contribution in [0.3, 0.4) is 0 Å². The maximum atomic E-state index is 12.1. The Morgan fingerprint density at radius 1 is 1.35 bits per heavy atom. The monoisotopic (exact) mass is 271 g/mol. The van der Waals surface area contributed by atoms with Crippen LogP contribution in [0.2, 0.25) is 0 Å². The topological polar surface area (TPSA) is 43.1 Å². The van der Waals surface area contributed by atoms with E-state index in [9.17, 15) is 4.21 Å². The fourth-order valence-electron chi connectivity index (χ4n) is 1.39. The predicted molar refractivity (Wildman–Crippen MR) is 79.1 cm³/mol. The highest BCUT2D eigenvalue weighted by Gasteiger charge is 2.13. The average Bonchev–Trinajstić information content (AvgIpc) is 2.20. The van der Waals surface area contributed by atoms with Crippen molar-refractivity contribution in [2.75, 3.05) is 17.2 Å². The van der Waals surface area contributed by atoms with Crippen LogP contribution in [0.4, 0.5) is 5.69 Å². The van der Waals surface area contributed by atoms with Crippen LogP contribution < -0.4 is 5.73 Å². The smallest absolute Gasteiger partial charge is 0.0620 e. The molecule has 4 heteroatoms. The van der Waals surface area contributed by atoms with E-state index in [0.29, 0.717) is 11.4 Å². The van der Waals surface area contributed by atoms with Gasteiger partial charge in [0.2, 0.25) is 0 Å². The van der Waals surface area contributed by atoms with Gasteiger partial charge in [-0.25, -0.2) is 0 Å². The van der Waals surface area contributed by atoms with E-state index >= 15 is 0 Å². The summed E-state index contributed by atoms with van der Waals surface area (Å²) in [6, 6.07) is 5.72. The highest BCUT2D eigenvalue weighted by atomic mass is 32.2. The van der Waals surface area contributed by atoms with Crippen LogP contribution in [0, 0.1) is 6.92 Å². The largest absolute Gasteiger partial charge is 0.398 e. The van der Waals surface area contributed by atoms with Crippen molar-refractivity contribution in [3.05, 3.63) is 23.8 Å². The average molecular weight is 271 g/mol. The standard InChI is InChI=1S/C13H21NOS2/c1-10-6-5-7-11(12(10)14)17(15)9-8-16-13(2,3)4/h5-7H,8-9,14H2,1-4H3. The number of nitrogens with two attached hydrogens (primary N) is 1. The van der Waals surface area contributed by atoms with Crippen molar-refractivity contribution < 1.29 is 4.21 Å². The van der Waals surface area contributed by atoms with Crippen LogP contribution >= 0.6 is 11.8 Å². The minimum Gasteiger partial charge on any atom is -0.398 e. The molecule has 0 aliphatic heterocycles. The quantitative estimate of drug-likeness (QED) is 0.855. The molecule has 17 heavy (non-hydrogen) atoms. The van der Waals surface area contributed by atoms with Gasteiger partial charge in [-0.05, 0) is 18.6 Å². The Morgan fingerprint density at radius 3 is 2.59 bits per heavy atom. The Morgan fingerprint density at radius 2 is 2.00 bits per heavy atom. The van der Waals surface area contributed by atoms with Crippen molar-refractivity contribution in [3.63, 3.8) is 0 Å². The lowest BCUT2D eigenvalue weighted by molar-refractivity contribution is 0.684. The van der Waals surface area contributed by atoms with E-state index in [1.807, 2.05) is 36.9 Å². The first-order chi connectivity index (χ1) is 7.81. The fourth-order valence-corrected chi connectivity index (χ4v) is 3.79. The maximum absolute atomic E-state index is 12.1. The zero-order chi connectivity index (χ0) is 13.1. The number of benzene rings is 1. The van der Waals surface area contributed by atoms with E-state index in [2.05, 4.69) is 20.8 Å². The van der Waals surface area contributed by atoms with Crippen molar-refractivity contribution in [3.8, 4) is 0 Å². The number of nitrogen functional groups attached to an aromatic ring is 1. The normalized spacial score (nSPS) is 13.6. The lowest BCUT2D eigenvalue weighted by Gasteiger charge is -2.17. The molecule has 0 aromatic heterocycles. The van der Waals surface area contributed by atoms with Gasteiger partial charge < -0.3 is 5.73 Å². The van der Waals surface area contributed by atoms with Gasteiger partial charge in [-0.1, -0.05) is 32.9 Å². The van der Waals surface area contributed by atoms with Crippen LogP contribution in [0.1, 0.15) is 26.3 Å². The number of thioether (sulfide) groups is 1. The van der Waals surface area contributed by atoms with Crippen molar-refractivity contribution >= 4 is 28.2 Å². The number of para-hydroxylation sites is 1. The Bertz CT molecular complexity index is 410. The summed E-state index contributed by atoms with van der Waals surface area (Å²) < 4.78 is 12.3. The number of hydrogen-bond acceptors (Lipinski definition) is 3. The van der Waals surface area contributed by atoms with E-state index in [4.69, 9.17) is 5.73 Å². The van der Waals surface area contributed by atoms with E-state index in [1.165, 1.54) is 0 Å². The molecule has 0 radical (unpaired) electrons. The van der Waals surface area contributed by atoms with Gasteiger partial charge in [-0.2, -0.15) is 11.8 Å². The lowest BCUT2D eigenvalue weighted by Crippen LogP contribution is -2.12. The van der Waals surface area contributed by atoms with Crippen molar-refractivity contribution in [2.24, 2.45) is 0 Å². The first kappa shape index (κ1) is 14.6. The van der Waals surface area contributed by atoms with E-state index in [0.717, 1.165) is 16.2 Å². The summed E-state index contributed by atoms with van der Waals surface area (Å²) >= 11 is 1.83. The van der Waals surface area contributed by atoms with Crippen molar-refractivity contribution in [1.82, 2.24) is 0 Å². The molecule has 1 rings (SSSR count). The third kappa shape index (κ3) is 4.72. The predicted octanol–water partition coefficient (Wildman–Crippen LogP) is 3.22. The first-order valence-electron chi connectivity index (χ1n) is 5.68. The van der Waals surface area contributed by atoms with Gasteiger partial charge in [0.25, 0.3) is 0 Å². The molecular weight excluding hydrogens is 250 g/mol. The summed E-state index contributed by atoms with van der Waals surface area (Å²) in [5.41, 5.74) is 7.61. The van der Waals surface area contributed by atoms with E-state index in [1.54, 1.807) is 0 Å². The molecule has 0 bridgehead atoms. The minimum atomic E-state index is -0.986. The third-order valence-corrected chi connectivity index (χ3v) is 5.29. The molecule has 1 aromatic carbocycles. The number of rotatable bonds is 4. The summed E-state index contributed by atoms with van der Waals surface area (Å²) in [4.78, 5) is 0.777. The SMILES string of the molecule is Cc1cccc(S(=O)CCSC(C)(C)C)c1N.